The van der Waals surface area contributed by atoms with E-state index >= 15 is 0 Å². The summed E-state index contributed by atoms with van der Waals surface area (Å²) in [6, 6.07) is 8.81. The van der Waals surface area contributed by atoms with Gasteiger partial charge in [-0.3, -0.25) is 0 Å². The lowest BCUT2D eigenvalue weighted by atomic mass is 10.0. The molecule has 0 aromatic heterocycles. The van der Waals surface area contributed by atoms with Gasteiger partial charge in [0.05, 0.1) is 0 Å². The predicted molar refractivity (Wildman–Crippen MR) is 66.8 cm³/mol. The Hall–Kier alpha value is -1.30. The molecule has 1 aromatic carbocycles. The molecule has 0 aliphatic heterocycles. The van der Waals surface area contributed by atoms with E-state index in [2.05, 4.69) is 50.3 Å². The third kappa shape index (κ3) is 1.90. The molecule has 0 amide bonds. The van der Waals surface area contributed by atoms with E-state index in [9.17, 15) is 0 Å². The van der Waals surface area contributed by atoms with Crippen molar-refractivity contribution in [3.63, 3.8) is 0 Å². The Morgan fingerprint density at radius 1 is 1.27 bits per heavy atom. The van der Waals surface area contributed by atoms with Crippen molar-refractivity contribution < 1.29 is 0 Å². The summed E-state index contributed by atoms with van der Waals surface area (Å²) < 4.78 is 0. The lowest BCUT2D eigenvalue weighted by Gasteiger charge is -2.03. The molecule has 0 spiro atoms. The molecule has 1 aromatic rings. The van der Waals surface area contributed by atoms with Gasteiger partial charge in [-0.2, -0.15) is 0 Å². The lowest BCUT2D eigenvalue weighted by Crippen LogP contribution is -1.82. The van der Waals surface area contributed by atoms with E-state index in [1.54, 1.807) is 11.1 Å². The molecule has 0 radical (unpaired) electrons. The van der Waals surface area contributed by atoms with Crippen molar-refractivity contribution in [1.82, 2.24) is 0 Å². The molecular formula is C15H18. The second-order valence-corrected chi connectivity index (χ2v) is 4.04. The van der Waals surface area contributed by atoms with Crippen molar-refractivity contribution >= 4 is 5.57 Å². The molecule has 1 aliphatic carbocycles. The molecule has 0 atom stereocenters. The highest BCUT2D eigenvalue weighted by molar-refractivity contribution is 5.76. The minimum Gasteiger partial charge on any atom is -0.0913 e. The molecule has 1 aliphatic rings. The molecule has 0 nitrogen and oxygen atoms in total. The van der Waals surface area contributed by atoms with E-state index in [0.717, 1.165) is 19.3 Å². The van der Waals surface area contributed by atoms with Crippen LogP contribution in [0.2, 0.25) is 0 Å². The lowest BCUT2D eigenvalue weighted by molar-refractivity contribution is 1.09. The summed E-state index contributed by atoms with van der Waals surface area (Å²) in [5, 5.41) is 0. The fourth-order valence-corrected chi connectivity index (χ4v) is 2.39. The van der Waals surface area contributed by atoms with Crippen LogP contribution >= 0.6 is 0 Å². The number of hydrogen-bond acceptors (Lipinski definition) is 0. The first-order chi connectivity index (χ1) is 7.36. The third-order valence-electron chi connectivity index (χ3n) is 3.13. The van der Waals surface area contributed by atoms with Crippen molar-refractivity contribution in [1.29, 1.82) is 0 Å². The molecule has 0 unspecified atom stereocenters. The molecular weight excluding hydrogens is 180 g/mol. The highest BCUT2D eigenvalue weighted by Gasteiger charge is 2.18. The van der Waals surface area contributed by atoms with Crippen LogP contribution < -0.4 is 0 Å². The number of hydrogen-bond donors (Lipinski definition) is 0. The van der Waals surface area contributed by atoms with Crippen molar-refractivity contribution in [3.8, 4) is 0 Å². The van der Waals surface area contributed by atoms with Gasteiger partial charge in [-0.1, -0.05) is 48.9 Å². The average Bonchev–Trinajstić information content (AvgIpc) is 2.63. The Kier molecular flexibility index (Phi) is 3.05. The standard InChI is InChI=1S/C15H18/c1-3-5-8-12-11-13-9-6-7-10-15(13)14(12)4-2/h3,5-7,9-10H,4,8,11H2,1-2H3/b5-3+. The van der Waals surface area contributed by atoms with Crippen LogP contribution in [0.25, 0.3) is 5.57 Å². The first-order valence-corrected chi connectivity index (χ1v) is 5.77. The normalized spacial score (nSPS) is 15.1. The molecule has 0 saturated carbocycles. The van der Waals surface area contributed by atoms with Gasteiger partial charge in [-0.05, 0) is 42.9 Å². The summed E-state index contributed by atoms with van der Waals surface area (Å²) in [5.74, 6) is 0. The van der Waals surface area contributed by atoms with Crippen LogP contribution in [-0.4, -0.2) is 0 Å². The van der Waals surface area contributed by atoms with Crippen LogP contribution in [0.15, 0.2) is 42.0 Å². The van der Waals surface area contributed by atoms with Crippen LogP contribution in [0.3, 0.4) is 0 Å². The van der Waals surface area contributed by atoms with Crippen LogP contribution in [0, 0.1) is 0 Å². The minimum atomic E-state index is 1.12. The Morgan fingerprint density at radius 3 is 2.80 bits per heavy atom. The van der Waals surface area contributed by atoms with Crippen LogP contribution in [0.5, 0.6) is 0 Å². The Balaban J connectivity index is 2.34. The van der Waals surface area contributed by atoms with Crippen molar-refractivity contribution in [2.75, 3.05) is 0 Å². The van der Waals surface area contributed by atoms with Gasteiger partial charge in [0, 0.05) is 0 Å². The van der Waals surface area contributed by atoms with Gasteiger partial charge < -0.3 is 0 Å². The van der Waals surface area contributed by atoms with E-state index in [4.69, 9.17) is 0 Å². The van der Waals surface area contributed by atoms with Crippen LogP contribution in [0.1, 0.15) is 37.8 Å². The molecule has 0 heteroatoms. The van der Waals surface area contributed by atoms with E-state index in [-0.39, 0.29) is 0 Å². The molecule has 0 N–H and O–H groups in total. The molecule has 0 bridgehead atoms. The van der Waals surface area contributed by atoms with Crippen molar-refractivity contribution in [2.45, 2.75) is 33.1 Å². The highest BCUT2D eigenvalue weighted by atomic mass is 14.2. The van der Waals surface area contributed by atoms with E-state index in [1.165, 1.54) is 11.1 Å². The first kappa shape index (κ1) is 10.2. The van der Waals surface area contributed by atoms with Gasteiger partial charge >= 0.3 is 0 Å². The summed E-state index contributed by atoms with van der Waals surface area (Å²) in [5.41, 5.74) is 6.17. The highest BCUT2D eigenvalue weighted by Crippen LogP contribution is 2.36. The van der Waals surface area contributed by atoms with Crippen molar-refractivity contribution in [3.05, 3.63) is 53.1 Å². The summed E-state index contributed by atoms with van der Waals surface area (Å²) >= 11 is 0. The summed E-state index contributed by atoms with van der Waals surface area (Å²) in [6.07, 6.45) is 7.84. The first-order valence-electron chi connectivity index (χ1n) is 5.77. The molecule has 0 fully saturated rings. The molecule has 15 heavy (non-hydrogen) atoms. The summed E-state index contributed by atoms with van der Waals surface area (Å²) in [7, 11) is 0. The Labute approximate surface area is 92.3 Å². The molecule has 2 rings (SSSR count). The van der Waals surface area contributed by atoms with Gasteiger partial charge in [0.25, 0.3) is 0 Å². The number of rotatable bonds is 3. The monoisotopic (exact) mass is 198 g/mol. The third-order valence-corrected chi connectivity index (χ3v) is 3.13. The maximum absolute atomic E-state index is 2.26. The molecule has 0 saturated heterocycles. The number of allylic oxidation sites excluding steroid dienone is 4. The largest absolute Gasteiger partial charge is 0.0913 e. The van der Waals surface area contributed by atoms with Gasteiger partial charge in [0.2, 0.25) is 0 Å². The van der Waals surface area contributed by atoms with Gasteiger partial charge in [0.1, 0.15) is 0 Å². The minimum absolute atomic E-state index is 1.12. The maximum Gasteiger partial charge on any atom is -0.00519 e. The van der Waals surface area contributed by atoms with E-state index in [0.29, 0.717) is 0 Å². The van der Waals surface area contributed by atoms with E-state index < -0.39 is 0 Å². The zero-order valence-electron chi connectivity index (χ0n) is 9.59. The fourth-order valence-electron chi connectivity index (χ4n) is 2.39. The average molecular weight is 198 g/mol. The smallest absolute Gasteiger partial charge is 0.00519 e. The SMILES string of the molecule is C/C=C/CC1=C(CC)c2ccccc2C1. The quantitative estimate of drug-likeness (QED) is 0.632. The van der Waals surface area contributed by atoms with Crippen LogP contribution in [-0.2, 0) is 6.42 Å². The van der Waals surface area contributed by atoms with Gasteiger partial charge in [-0.15, -0.1) is 0 Å². The topological polar surface area (TPSA) is 0 Å². The Morgan fingerprint density at radius 2 is 2.07 bits per heavy atom. The molecule has 78 valence electrons. The second-order valence-electron chi connectivity index (χ2n) is 4.04. The van der Waals surface area contributed by atoms with E-state index in [1.807, 2.05) is 0 Å². The molecule has 0 heterocycles. The number of benzene rings is 1. The number of fused-ring (bicyclic) bond motifs is 1. The van der Waals surface area contributed by atoms with Gasteiger partial charge in [-0.25, -0.2) is 0 Å². The second kappa shape index (κ2) is 4.48. The van der Waals surface area contributed by atoms with Crippen LogP contribution in [0.4, 0.5) is 0 Å². The van der Waals surface area contributed by atoms with Crippen molar-refractivity contribution in [2.24, 2.45) is 0 Å². The summed E-state index contributed by atoms with van der Waals surface area (Å²) in [6.45, 7) is 4.35. The predicted octanol–water partition coefficient (Wildman–Crippen LogP) is 4.37. The summed E-state index contributed by atoms with van der Waals surface area (Å²) in [4.78, 5) is 0. The zero-order valence-corrected chi connectivity index (χ0v) is 9.59. The fraction of sp³-hybridized carbons (Fsp3) is 0.333. The maximum atomic E-state index is 2.26. The van der Waals surface area contributed by atoms with Gasteiger partial charge in [0.15, 0.2) is 0 Å². The Bertz CT molecular complexity index is 408. The zero-order chi connectivity index (χ0) is 10.7.